The maximum atomic E-state index is 6.85. The number of hydrazone groups is 1. The Morgan fingerprint density at radius 2 is 1.82 bits per heavy atom. The molecule has 0 unspecified atom stereocenters. The van der Waals surface area contributed by atoms with Crippen LogP contribution in [0.1, 0.15) is 35.1 Å². The molecule has 2 heterocycles. The first-order chi connectivity index (χ1) is 16.3. The van der Waals surface area contributed by atoms with E-state index in [-0.39, 0.29) is 5.54 Å². The van der Waals surface area contributed by atoms with Crippen molar-refractivity contribution in [3.05, 3.63) is 69.0 Å². The summed E-state index contributed by atoms with van der Waals surface area (Å²) < 4.78 is 5.81. The third kappa shape index (κ3) is 4.61. The van der Waals surface area contributed by atoms with Crippen LogP contribution < -0.4 is 9.31 Å². The molecule has 0 atom stereocenters. The van der Waals surface area contributed by atoms with Gasteiger partial charge in [-0.3, -0.25) is 0 Å². The summed E-state index contributed by atoms with van der Waals surface area (Å²) >= 11 is 18.9. The molecule has 5 rings (SSSR count). The van der Waals surface area contributed by atoms with E-state index in [1.807, 2.05) is 18.2 Å². The van der Waals surface area contributed by atoms with E-state index in [0.717, 1.165) is 65.8 Å². The fraction of sp³-hybridized carbons (Fsp3) is 0.375. The van der Waals surface area contributed by atoms with Crippen molar-refractivity contribution < 1.29 is 0 Å². The summed E-state index contributed by atoms with van der Waals surface area (Å²) in [6, 6.07) is 12.3. The molecule has 0 N–H and O–H groups in total. The summed E-state index contributed by atoms with van der Waals surface area (Å²) in [5, 5.41) is 6.93. The minimum Gasteiger partial charge on any atom is -0.345 e. The lowest BCUT2D eigenvalue weighted by Crippen LogP contribution is -2.57. The van der Waals surface area contributed by atoms with Crippen LogP contribution in [0.25, 0.3) is 0 Å². The largest absolute Gasteiger partial charge is 0.345 e. The van der Waals surface area contributed by atoms with E-state index in [0.29, 0.717) is 10.3 Å². The first kappa shape index (κ1) is 23.7. The molecule has 178 valence electrons. The van der Waals surface area contributed by atoms with E-state index >= 15 is 0 Å². The highest BCUT2D eigenvalue weighted by Crippen LogP contribution is 2.47. The number of hydrogen-bond acceptors (Lipinski definition) is 7. The monoisotopic (exact) mass is 532 g/mol. The number of amidine groups is 1. The Morgan fingerprint density at radius 3 is 2.44 bits per heavy atom. The number of rotatable bonds is 4. The molecular weight excluding hydrogens is 507 g/mol. The van der Waals surface area contributed by atoms with E-state index in [1.165, 1.54) is 17.1 Å². The van der Waals surface area contributed by atoms with Gasteiger partial charge in [-0.25, -0.2) is 4.41 Å². The van der Waals surface area contributed by atoms with Gasteiger partial charge in [-0.05, 0) is 87.4 Å². The molecule has 6 nitrogen and oxygen atoms in total. The molecule has 1 aromatic heterocycles. The molecule has 2 fully saturated rings. The normalized spacial score (nSPS) is 17.4. The van der Waals surface area contributed by atoms with Crippen molar-refractivity contribution in [3.63, 3.8) is 0 Å². The molecule has 0 bridgehead atoms. The Morgan fingerprint density at radius 1 is 1.09 bits per heavy atom. The maximum Gasteiger partial charge on any atom is 0.236 e. The number of thiol groups is 1. The molecule has 1 saturated carbocycles. The van der Waals surface area contributed by atoms with E-state index < -0.39 is 0 Å². The minimum atomic E-state index is -0.0300. The van der Waals surface area contributed by atoms with Crippen LogP contribution in [-0.2, 0) is 0 Å². The van der Waals surface area contributed by atoms with E-state index in [2.05, 4.69) is 58.1 Å². The molecule has 2 aromatic carbocycles. The number of halogens is 2. The van der Waals surface area contributed by atoms with Gasteiger partial charge in [-0.1, -0.05) is 35.4 Å². The summed E-state index contributed by atoms with van der Waals surface area (Å²) in [5.74, 6) is 0.852. The SMILES string of the molecule is Cc1ccc(N(S)/N=C(/c2c(C)cc(C)cc2Cl)N2CCN(c3nc(Cl)ns3)CC23CC3)cc1. The fourth-order valence-corrected chi connectivity index (χ4v) is 6.09. The second-order valence-electron chi connectivity index (χ2n) is 9.13. The third-order valence-corrected chi connectivity index (χ3v) is 8.17. The number of hydrogen-bond donors (Lipinski definition) is 1. The molecular formula is C24H26Cl2N6S2. The second-order valence-corrected chi connectivity index (χ2v) is 11.0. The van der Waals surface area contributed by atoms with Crippen LogP contribution in [0.15, 0.2) is 41.5 Å². The van der Waals surface area contributed by atoms with Gasteiger partial charge < -0.3 is 9.80 Å². The van der Waals surface area contributed by atoms with Crippen molar-refractivity contribution in [2.75, 3.05) is 28.9 Å². The van der Waals surface area contributed by atoms with E-state index in [9.17, 15) is 0 Å². The van der Waals surface area contributed by atoms with Crippen molar-refractivity contribution in [1.29, 1.82) is 0 Å². The number of benzene rings is 2. The third-order valence-electron chi connectivity index (χ3n) is 6.50. The quantitative estimate of drug-likeness (QED) is 0.189. The molecule has 3 aromatic rings. The first-order valence-corrected chi connectivity index (χ1v) is 13.1. The Hall–Kier alpha value is -2.00. The van der Waals surface area contributed by atoms with E-state index in [1.54, 1.807) is 4.41 Å². The van der Waals surface area contributed by atoms with Gasteiger partial charge >= 0.3 is 0 Å². The summed E-state index contributed by atoms with van der Waals surface area (Å²) in [5.41, 5.74) is 5.25. The van der Waals surface area contributed by atoms with Gasteiger partial charge in [0.25, 0.3) is 0 Å². The van der Waals surface area contributed by atoms with Gasteiger partial charge in [0.2, 0.25) is 10.4 Å². The number of nitrogens with zero attached hydrogens (tertiary/aromatic N) is 6. The minimum absolute atomic E-state index is 0.0300. The van der Waals surface area contributed by atoms with Crippen molar-refractivity contribution in [2.24, 2.45) is 5.10 Å². The molecule has 0 radical (unpaired) electrons. The molecule has 1 spiro atoms. The van der Waals surface area contributed by atoms with Crippen LogP contribution in [0.5, 0.6) is 0 Å². The zero-order valence-electron chi connectivity index (χ0n) is 19.3. The van der Waals surface area contributed by atoms with Crippen LogP contribution in [0, 0.1) is 20.8 Å². The molecule has 1 aliphatic carbocycles. The first-order valence-electron chi connectivity index (χ1n) is 11.2. The van der Waals surface area contributed by atoms with Crippen LogP contribution in [0.3, 0.4) is 0 Å². The van der Waals surface area contributed by atoms with Gasteiger partial charge in [0.05, 0.1) is 16.2 Å². The molecule has 1 saturated heterocycles. The van der Waals surface area contributed by atoms with Crippen LogP contribution in [0.4, 0.5) is 10.8 Å². The smallest absolute Gasteiger partial charge is 0.236 e. The Kier molecular flexibility index (Phi) is 6.44. The molecule has 1 aliphatic heterocycles. The zero-order chi connectivity index (χ0) is 24.0. The number of aromatic nitrogens is 2. The lowest BCUT2D eigenvalue weighted by atomic mass is 10.0. The Labute approximate surface area is 219 Å². The van der Waals surface area contributed by atoms with Gasteiger partial charge in [0.15, 0.2) is 5.84 Å². The lowest BCUT2D eigenvalue weighted by molar-refractivity contribution is 0.260. The number of aryl methyl sites for hydroxylation is 3. The maximum absolute atomic E-state index is 6.85. The van der Waals surface area contributed by atoms with Crippen LogP contribution in [-0.4, -0.2) is 45.3 Å². The van der Waals surface area contributed by atoms with Crippen LogP contribution in [0.2, 0.25) is 10.3 Å². The summed E-state index contributed by atoms with van der Waals surface area (Å²) in [4.78, 5) is 9.11. The Balaban J connectivity index is 1.54. The average molecular weight is 534 g/mol. The van der Waals surface area contributed by atoms with Gasteiger partial charge in [0, 0.05) is 36.7 Å². The summed E-state index contributed by atoms with van der Waals surface area (Å²) in [7, 11) is 0. The second kappa shape index (κ2) is 9.22. The number of piperazine rings is 1. The van der Waals surface area contributed by atoms with E-state index in [4.69, 9.17) is 41.1 Å². The van der Waals surface area contributed by atoms with Crippen molar-refractivity contribution >= 4 is 64.2 Å². The van der Waals surface area contributed by atoms with Crippen molar-refractivity contribution in [2.45, 2.75) is 39.2 Å². The predicted octanol–water partition coefficient (Wildman–Crippen LogP) is 6.14. The van der Waals surface area contributed by atoms with Crippen molar-refractivity contribution in [3.8, 4) is 0 Å². The predicted molar refractivity (Wildman–Crippen MR) is 146 cm³/mol. The topological polar surface area (TPSA) is 47.9 Å². The molecule has 34 heavy (non-hydrogen) atoms. The van der Waals surface area contributed by atoms with Gasteiger partial charge in [-0.2, -0.15) is 9.36 Å². The highest BCUT2D eigenvalue weighted by Gasteiger charge is 2.53. The zero-order valence-corrected chi connectivity index (χ0v) is 22.5. The highest BCUT2D eigenvalue weighted by atomic mass is 35.5. The van der Waals surface area contributed by atoms with Gasteiger partial charge in [-0.15, -0.1) is 5.10 Å². The summed E-state index contributed by atoms with van der Waals surface area (Å²) in [6.45, 7) is 8.65. The van der Waals surface area contributed by atoms with Crippen LogP contribution >= 0.6 is 47.5 Å². The molecule has 2 aliphatic rings. The summed E-state index contributed by atoms with van der Waals surface area (Å²) in [6.07, 6.45) is 2.16. The standard InChI is InChI=1S/C24H26Cl2N6S2/c1-15-4-6-18(7-5-15)32(33)28-21(20-17(3)12-16(2)13-19(20)25)31-11-10-30(14-24(31)8-9-24)23-27-22(26)29-34-23/h4-7,12-13,33H,8-11,14H2,1-3H3/b28-21-. The highest BCUT2D eigenvalue weighted by molar-refractivity contribution is 7.81. The van der Waals surface area contributed by atoms with Crippen molar-refractivity contribution in [1.82, 2.24) is 14.3 Å². The fourth-order valence-electron chi connectivity index (χ4n) is 4.63. The molecule has 10 heteroatoms. The molecule has 0 amide bonds. The lowest BCUT2D eigenvalue weighted by Gasteiger charge is -2.44. The Bertz CT molecular complexity index is 1220. The number of anilines is 2. The average Bonchev–Trinajstić information content (AvgIpc) is 3.40. The van der Waals surface area contributed by atoms with Gasteiger partial charge in [0.1, 0.15) is 0 Å².